The molecule has 1 atom stereocenters. The summed E-state index contributed by atoms with van der Waals surface area (Å²) in [5.41, 5.74) is 5.64. The van der Waals surface area contributed by atoms with Crippen LogP contribution in [0, 0.1) is 11.8 Å². The molecule has 1 fully saturated rings. The molecule has 182 valence electrons. The molecule has 3 heterocycles. The lowest BCUT2D eigenvalue weighted by Crippen LogP contribution is -2.35. The van der Waals surface area contributed by atoms with Gasteiger partial charge in [-0.1, -0.05) is 39.0 Å². The number of likely N-dealkylation sites (tertiary alicyclic amines) is 1. The van der Waals surface area contributed by atoms with Crippen LogP contribution < -0.4 is 9.47 Å². The molecule has 34 heavy (non-hydrogen) atoms. The number of rotatable bonds is 6. The van der Waals surface area contributed by atoms with Crippen molar-refractivity contribution in [2.75, 3.05) is 33.9 Å². The van der Waals surface area contributed by atoms with Gasteiger partial charge in [-0.25, -0.2) is 0 Å². The second kappa shape index (κ2) is 10.6. The molecule has 0 aromatic heterocycles. The maximum atomic E-state index is 13.7. The second-order valence-corrected chi connectivity index (χ2v) is 9.46. The third kappa shape index (κ3) is 4.85. The number of carbonyl (C=O) groups is 1. The Balaban J connectivity index is 1.67. The van der Waals surface area contributed by atoms with E-state index in [0.29, 0.717) is 17.4 Å². The number of piperidine rings is 1. The smallest absolute Gasteiger partial charge is 0.255 e. The van der Waals surface area contributed by atoms with Crippen LogP contribution in [0.1, 0.15) is 52.0 Å². The molecule has 1 amide bonds. The Morgan fingerprint density at radius 2 is 1.76 bits per heavy atom. The summed E-state index contributed by atoms with van der Waals surface area (Å²) in [7, 11) is 3.28. The minimum absolute atomic E-state index is 0.0186. The molecule has 0 radical (unpaired) electrons. The summed E-state index contributed by atoms with van der Waals surface area (Å²) >= 11 is 0. The van der Waals surface area contributed by atoms with Crippen molar-refractivity contribution in [2.24, 2.45) is 11.8 Å². The van der Waals surface area contributed by atoms with Crippen molar-refractivity contribution in [1.82, 2.24) is 9.80 Å². The second-order valence-electron chi connectivity index (χ2n) is 9.46. The van der Waals surface area contributed by atoms with Crippen molar-refractivity contribution < 1.29 is 14.3 Å². The highest BCUT2D eigenvalue weighted by molar-refractivity contribution is 5.98. The normalized spacial score (nSPS) is 22.1. The predicted octanol–water partition coefficient (Wildman–Crippen LogP) is 5.81. The first-order chi connectivity index (χ1) is 16.5. The number of fused-ring (bicyclic) bond motifs is 1. The Morgan fingerprint density at radius 1 is 1.03 bits per heavy atom. The van der Waals surface area contributed by atoms with Crippen LogP contribution in [0.3, 0.4) is 0 Å². The number of nitrogens with zero attached hydrogens (tertiary/aromatic N) is 2. The van der Waals surface area contributed by atoms with Crippen LogP contribution in [0.25, 0.3) is 5.57 Å². The van der Waals surface area contributed by atoms with Crippen LogP contribution in [0.2, 0.25) is 0 Å². The fraction of sp³-hybridized carbons (Fsp3) is 0.483. The van der Waals surface area contributed by atoms with Crippen molar-refractivity contribution in [1.29, 1.82) is 0 Å². The molecule has 0 N–H and O–H groups in total. The molecule has 1 unspecified atom stereocenters. The molecule has 0 aliphatic carbocycles. The van der Waals surface area contributed by atoms with Crippen LogP contribution in [0.4, 0.5) is 0 Å². The lowest BCUT2D eigenvalue weighted by atomic mass is 9.84. The summed E-state index contributed by atoms with van der Waals surface area (Å²) < 4.78 is 10.9. The SMILES string of the molecule is CCC1=CC(C2CCN(CC)CC2)=CN2C(=O)C=C(c3ccc(OC)c(OC)c3)C(C)CC=C12. The van der Waals surface area contributed by atoms with Crippen LogP contribution in [0.5, 0.6) is 11.5 Å². The first kappa shape index (κ1) is 24.3. The summed E-state index contributed by atoms with van der Waals surface area (Å²) in [5, 5.41) is 0. The van der Waals surface area contributed by atoms with E-state index < -0.39 is 0 Å². The van der Waals surface area contributed by atoms with Gasteiger partial charge in [-0.3, -0.25) is 9.69 Å². The molecule has 4 rings (SSSR count). The van der Waals surface area contributed by atoms with E-state index in [1.54, 1.807) is 14.2 Å². The minimum atomic E-state index is 0.0186. The van der Waals surface area contributed by atoms with E-state index in [4.69, 9.17) is 9.47 Å². The van der Waals surface area contributed by atoms with Crippen LogP contribution in [0.15, 0.2) is 59.5 Å². The zero-order valence-electron chi connectivity index (χ0n) is 21.3. The van der Waals surface area contributed by atoms with Crippen LogP contribution in [-0.2, 0) is 4.79 Å². The van der Waals surface area contributed by atoms with Gasteiger partial charge in [0.2, 0.25) is 0 Å². The van der Waals surface area contributed by atoms with E-state index in [0.717, 1.165) is 62.2 Å². The molecule has 3 aliphatic heterocycles. The molecule has 1 saturated heterocycles. The monoisotopic (exact) mass is 462 g/mol. The van der Waals surface area contributed by atoms with E-state index in [-0.39, 0.29) is 11.8 Å². The molecule has 5 heteroatoms. The molecule has 3 aliphatic rings. The maximum absolute atomic E-state index is 13.7. The third-order valence-electron chi connectivity index (χ3n) is 7.52. The van der Waals surface area contributed by atoms with Crippen molar-refractivity contribution in [3.8, 4) is 11.5 Å². The highest BCUT2D eigenvalue weighted by Crippen LogP contribution is 2.39. The lowest BCUT2D eigenvalue weighted by molar-refractivity contribution is -0.122. The topological polar surface area (TPSA) is 42.0 Å². The Hall–Kier alpha value is -2.79. The van der Waals surface area contributed by atoms with Gasteiger partial charge in [0.05, 0.1) is 14.2 Å². The zero-order chi connectivity index (χ0) is 24.2. The van der Waals surface area contributed by atoms with Gasteiger partial charge in [0, 0.05) is 18.0 Å². The average Bonchev–Trinajstić information content (AvgIpc) is 2.88. The van der Waals surface area contributed by atoms with Crippen molar-refractivity contribution >= 4 is 11.5 Å². The number of carbonyl (C=O) groups excluding carboxylic acids is 1. The van der Waals surface area contributed by atoms with E-state index >= 15 is 0 Å². The van der Waals surface area contributed by atoms with Gasteiger partial charge in [0.15, 0.2) is 11.5 Å². The fourth-order valence-electron chi connectivity index (χ4n) is 5.33. The standard InChI is InChI=1S/C29H38N2O3/c1-6-21-16-24(22-12-14-30(7-2)15-13-22)19-31-26(21)10-8-20(3)25(18-29(31)32)23-9-11-27(33-4)28(17-23)34-5/h9-11,16-20,22H,6-8,12-15H2,1-5H3. The summed E-state index contributed by atoms with van der Waals surface area (Å²) in [5.74, 6) is 2.10. The summed E-state index contributed by atoms with van der Waals surface area (Å²) in [6.07, 6.45) is 12.6. The molecule has 5 nitrogen and oxygen atoms in total. The molecule has 0 saturated carbocycles. The van der Waals surface area contributed by atoms with Crippen molar-refractivity contribution in [3.05, 3.63) is 65.0 Å². The number of hydrogen-bond acceptors (Lipinski definition) is 4. The number of hydrogen-bond donors (Lipinski definition) is 0. The summed E-state index contributed by atoms with van der Waals surface area (Å²) in [6, 6.07) is 5.89. The molecule has 0 bridgehead atoms. The number of methoxy groups -OCH3 is 2. The Bertz CT molecular complexity index is 1040. The Morgan fingerprint density at radius 3 is 2.41 bits per heavy atom. The van der Waals surface area contributed by atoms with Crippen LogP contribution >= 0.6 is 0 Å². The van der Waals surface area contributed by atoms with Crippen LogP contribution in [-0.4, -0.2) is 49.6 Å². The molecular formula is C29H38N2O3. The molecular weight excluding hydrogens is 424 g/mol. The largest absolute Gasteiger partial charge is 0.493 e. The first-order valence-corrected chi connectivity index (χ1v) is 12.6. The zero-order valence-corrected chi connectivity index (χ0v) is 21.3. The highest BCUT2D eigenvalue weighted by Gasteiger charge is 2.29. The van der Waals surface area contributed by atoms with Crippen molar-refractivity contribution in [3.63, 3.8) is 0 Å². The number of amides is 1. The van der Waals surface area contributed by atoms with Crippen molar-refractivity contribution in [2.45, 2.75) is 46.5 Å². The quantitative estimate of drug-likeness (QED) is 0.535. The first-order valence-electron chi connectivity index (χ1n) is 12.6. The average molecular weight is 463 g/mol. The molecule has 1 aromatic rings. The summed E-state index contributed by atoms with van der Waals surface area (Å²) in [6.45, 7) is 9.97. The third-order valence-corrected chi connectivity index (χ3v) is 7.52. The predicted molar refractivity (Wildman–Crippen MR) is 138 cm³/mol. The highest BCUT2D eigenvalue weighted by atomic mass is 16.5. The fourth-order valence-corrected chi connectivity index (χ4v) is 5.33. The molecule has 0 spiro atoms. The number of ether oxygens (including phenoxy) is 2. The molecule has 1 aromatic carbocycles. The minimum Gasteiger partial charge on any atom is -0.493 e. The lowest BCUT2D eigenvalue weighted by Gasteiger charge is -2.36. The van der Waals surface area contributed by atoms with Gasteiger partial charge in [-0.05, 0) is 91.6 Å². The maximum Gasteiger partial charge on any atom is 0.255 e. The van der Waals surface area contributed by atoms with Gasteiger partial charge in [-0.15, -0.1) is 0 Å². The van der Waals surface area contributed by atoms with E-state index in [1.807, 2.05) is 29.2 Å². The van der Waals surface area contributed by atoms with E-state index in [9.17, 15) is 4.79 Å². The number of allylic oxidation sites excluding steroid dienone is 5. The summed E-state index contributed by atoms with van der Waals surface area (Å²) in [4.78, 5) is 18.1. The van der Waals surface area contributed by atoms with E-state index in [1.165, 1.54) is 11.1 Å². The number of benzene rings is 1. The van der Waals surface area contributed by atoms with Gasteiger partial charge in [0.25, 0.3) is 5.91 Å². The Kier molecular flexibility index (Phi) is 7.62. The van der Waals surface area contributed by atoms with Gasteiger partial charge in [-0.2, -0.15) is 0 Å². The van der Waals surface area contributed by atoms with Gasteiger partial charge in [0.1, 0.15) is 0 Å². The van der Waals surface area contributed by atoms with Gasteiger partial charge >= 0.3 is 0 Å². The van der Waals surface area contributed by atoms with Gasteiger partial charge < -0.3 is 14.4 Å². The van der Waals surface area contributed by atoms with E-state index in [2.05, 4.69) is 44.0 Å². The Labute approximate surface area is 204 Å².